The third kappa shape index (κ3) is 3.09. The van der Waals surface area contributed by atoms with Crippen LogP contribution in [-0.2, 0) is 23.2 Å². The van der Waals surface area contributed by atoms with Crippen molar-refractivity contribution < 1.29 is 14.6 Å². The first-order chi connectivity index (χ1) is 14.3. The minimum atomic E-state index is -0.841. The van der Waals surface area contributed by atoms with E-state index in [1.54, 1.807) is 16.0 Å². The number of carbonyl (C=O) groups is 1. The van der Waals surface area contributed by atoms with E-state index in [1.807, 2.05) is 57.5 Å². The summed E-state index contributed by atoms with van der Waals surface area (Å²) >= 11 is 1.61. The van der Waals surface area contributed by atoms with Gasteiger partial charge in [-0.15, -0.1) is 16.4 Å². The average Bonchev–Trinajstić information content (AvgIpc) is 3.35. The number of aromatic nitrogens is 3. The molecule has 4 rings (SSSR count). The Morgan fingerprint density at radius 1 is 1.30 bits per heavy atom. The van der Waals surface area contributed by atoms with Crippen molar-refractivity contribution in [3.05, 3.63) is 58.0 Å². The van der Waals surface area contributed by atoms with Crippen molar-refractivity contribution >= 4 is 38.4 Å². The minimum absolute atomic E-state index is 0.0571. The Hall–Kier alpha value is -2.77. The van der Waals surface area contributed by atoms with Crippen molar-refractivity contribution in [3.8, 4) is 0 Å². The van der Waals surface area contributed by atoms with Gasteiger partial charge in [0, 0.05) is 17.7 Å². The number of carbonyl (C=O) groups excluding carboxylic acids is 1. The first-order valence-electron chi connectivity index (χ1n) is 9.77. The van der Waals surface area contributed by atoms with Crippen molar-refractivity contribution in [2.45, 2.75) is 33.3 Å². The van der Waals surface area contributed by atoms with Gasteiger partial charge in [0.2, 0.25) is 0 Å². The minimum Gasteiger partial charge on any atom is -0.469 e. The number of hydrogen-bond acceptors (Lipinski definition) is 6. The predicted molar refractivity (Wildman–Crippen MR) is 119 cm³/mol. The first kappa shape index (κ1) is 20.5. The van der Waals surface area contributed by atoms with Gasteiger partial charge in [0.15, 0.2) is 0 Å². The lowest BCUT2D eigenvalue weighted by Crippen LogP contribution is -2.34. The molecule has 0 bridgehead atoms. The lowest BCUT2D eigenvalue weighted by molar-refractivity contribution is -0.151. The molecule has 0 spiro atoms. The smallest absolute Gasteiger partial charge is 0.312 e. The maximum atomic E-state index is 12.9. The fraction of sp³-hybridized carbons (Fsp3) is 0.348. The van der Waals surface area contributed by atoms with E-state index in [0.717, 1.165) is 43.4 Å². The van der Waals surface area contributed by atoms with E-state index in [0.29, 0.717) is 0 Å². The molecule has 7 heteroatoms. The molecule has 4 aromatic rings. The molecule has 2 aromatic heterocycles. The van der Waals surface area contributed by atoms with Gasteiger partial charge >= 0.3 is 5.97 Å². The van der Waals surface area contributed by atoms with Crippen molar-refractivity contribution in [1.29, 1.82) is 0 Å². The standard InChI is InChI=1S/C23H25N3O3S/c1-13-17(6-7-18-20(13)24-25-26(18)4)19(23(2,3)22(28)29-5)15-10-14-8-9-30-21(14)16(11-15)12-27/h6-11,19,27H,12H2,1-5H3. The molecule has 0 aliphatic rings. The van der Waals surface area contributed by atoms with E-state index in [-0.39, 0.29) is 18.5 Å². The molecule has 0 saturated heterocycles. The summed E-state index contributed by atoms with van der Waals surface area (Å²) < 4.78 is 7.99. The van der Waals surface area contributed by atoms with Crippen LogP contribution >= 0.6 is 11.3 Å². The number of fused-ring (bicyclic) bond motifs is 2. The van der Waals surface area contributed by atoms with Crippen LogP contribution in [-0.4, -0.2) is 33.2 Å². The highest BCUT2D eigenvalue weighted by Crippen LogP contribution is 2.45. The number of hydrogen-bond donors (Lipinski definition) is 1. The Labute approximate surface area is 179 Å². The molecule has 156 valence electrons. The Kier molecular flexibility index (Phi) is 5.11. The van der Waals surface area contributed by atoms with Gasteiger partial charge in [0.05, 0.1) is 24.6 Å². The third-order valence-electron chi connectivity index (χ3n) is 5.98. The van der Waals surface area contributed by atoms with E-state index < -0.39 is 5.41 Å². The molecule has 0 saturated carbocycles. The monoisotopic (exact) mass is 423 g/mol. The third-order valence-corrected chi connectivity index (χ3v) is 6.98. The zero-order chi connectivity index (χ0) is 21.6. The maximum absolute atomic E-state index is 12.9. The summed E-state index contributed by atoms with van der Waals surface area (Å²) in [4.78, 5) is 12.9. The highest BCUT2D eigenvalue weighted by molar-refractivity contribution is 7.17. The number of ether oxygens (including phenoxy) is 1. The number of methoxy groups -OCH3 is 1. The van der Waals surface area contributed by atoms with Crippen LogP contribution in [0.1, 0.15) is 42.0 Å². The molecule has 0 fully saturated rings. The fourth-order valence-corrected chi connectivity index (χ4v) is 5.28. The summed E-state index contributed by atoms with van der Waals surface area (Å²) in [6.45, 7) is 5.77. The molecule has 2 aromatic carbocycles. The zero-order valence-electron chi connectivity index (χ0n) is 17.8. The molecule has 0 amide bonds. The molecule has 6 nitrogen and oxygen atoms in total. The van der Waals surface area contributed by atoms with E-state index in [4.69, 9.17) is 4.74 Å². The highest BCUT2D eigenvalue weighted by atomic mass is 32.1. The molecule has 30 heavy (non-hydrogen) atoms. The van der Waals surface area contributed by atoms with Crippen LogP contribution in [0, 0.1) is 12.3 Å². The van der Waals surface area contributed by atoms with Gasteiger partial charge in [0.25, 0.3) is 0 Å². The number of nitrogens with zero attached hydrogens (tertiary/aromatic N) is 3. The maximum Gasteiger partial charge on any atom is 0.312 e. The largest absolute Gasteiger partial charge is 0.469 e. The lowest BCUT2D eigenvalue weighted by atomic mass is 9.69. The summed E-state index contributed by atoms with van der Waals surface area (Å²) in [7, 11) is 3.28. The quantitative estimate of drug-likeness (QED) is 0.484. The first-order valence-corrected chi connectivity index (χ1v) is 10.7. The number of aryl methyl sites for hydroxylation is 2. The molecular weight excluding hydrogens is 398 g/mol. The molecule has 1 atom stereocenters. The second kappa shape index (κ2) is 7.49. The predicted octanol–water partition coefficient (Wildman–Crippen LogP) is 4.31. The Bertz CT molecular complexity index is 1260. The Balaban J connectivity index is 2.01. The normalized spacial score (nSPS) is 13.1. The number of aliphatic hydroxyl groups excluding tert-OH is 1. The van der Waals surface area contributed by atoms with Gasteiger partial charge in [-0.05, 0) is 72.0 Å². The Morgan fingerprint density at radius 2 is 2.07 bits per heavy atom. The van der Waals surface area contributed by atoms with Crippen molar-refractivity contribution in [1.82, 2.24) is 15.0 Å². The molecule has 1 unspecified atom stereocenters. The Morgan fingerprint density at radius 3 is 2.77 bits per heavy atom. The number of thiophene rings is 1. The molecule has 0 aliphatic heterocycles. The van der Waals surface area contributed by atoms with Crippen LogP contribution in [0.4, 0.5) is 0 Å². The van der Waals surface area contributed by atoms with Gasteiger partial charge in [-0.25, -0.2) is 4.68 Å². The summed E-state index contributed by atoms with van der Waals surface area (Å²) in [6.07, 6.45) is 0. The molecule has 2 heterocycles. The van der Waals surface area contributed by atoms with Gasteiger partial charge in [-0.3, -0.25) is 4.79 Å². The van der Waals surface area contributed by atoms with Crippen molar-refractivity contribution in [3.63, 3.8) is 0 Å². The second-order valence-electron chi connectivity index (χ2n) is 8.18. The lowest BCUT2D eigenvalue weighted by Gasteiger charge is -2.34. The van der Waals surface area contributed by atoms with E-state index in [2.05, 4.69) is 16.4 Å². The summed E-state index contributed by atoms with van der Waals surface area (Å²) in [5, 5.41) is 21.5. The van der Waals surface area contributed by atoms with Crippen molar-refractivity contribution in [2.75, 3.05) is 7.11 Å². The van der Waals surface area contributed by atoms with Crippen LogP contribution in [0.2, 0.25) is 0 Å². The number of benzene rings is 2. The van der Waals surface area contributed by atoms with Gasteiger partial charge in [-0.1, -0.05) is 17.3 Å². The molecule has 1 N–H and O–H groups in total. The van der Waals surface area contributed by atoms with E-state index >= 15 is 0 Å². The summed E-state index contributed by atoms with van der Waals surface area (Å²) in [6, 6.07) is 10.2. The number of esters is 1. The van der Waals surface area contributed by atoms with Crippen LogP contribution in [0.25, 0.3) is 21.1 Å². The van der Waals surface area contributed by atoms with Crippen molar-refractivity contribution in [2.24, 2.45) is 12.5 Å². The van der Waals surface area contributed by atoms with Crippen LogP contribution < -0.4 is 0 Å². The fourth-order valence-electron chi connectivity index (χ4n) is 4.39. The van der Waals surface area contributed by atoms with E-state index in [9.17, 15) is 9.90 Å². The number of aliphatic hydroxyl groups is 1. The topological polar surface area (TPSA) is 77.2 Å². The van der Waals surface area contributed by atoms with Gasteiger partial charge in [0.1, 0.15) is 5.52 Å². The SMILES string of the molecule is COC(=O)C(C)(C)C(c1cc(CO)c2sccc2c1)c1ccc2c(nnn2C)c1C. The summed E-state index contributed by atoms with van der Waals surface area (Å²) in [5.41, 5.74) is 4.73. The molecular formula is C23H25N3O3S. The molecule has 0 aliphatic carbocycles. The second-order valence-corrected chi connectivity index (χ2v) is 9.10. The highest BCUT2D eigenvalue weighted by Gasteiger charge is 2.41. The van der Waals surface area contributed by atoms with Crippen LogP contribution in [0.15, 0.2) is 35.7 Å². The van der Waals surface area contributed by atoms with Gasteiger partial charge in [-0.2, -0.15) is 0 Å². The average molecular weight is 424 g/mol. The van der Waals surface area contributed by atoms with Crippen LogP contribution in [0.5, 0.6) is 0 Å². The summed E-state index contributed by atoms with van der Waals surface area (Å²) in [5.74, 6) is -0.576. The number of rotatable bonds is 5. The van der Waals surface area contributed by atoms with Gasteiger partial charge < -0.3 is 9.84 Å². The van der Waals surface area contributed by atoms with Crippen LogP contribution in [0.3, 0.4) is 0 Å². The zero-order valence-corrected chi connectivity index (χ0v) is 18.6. The van der Waals surface area contributed by atoms with E-state index in [1.165, 1.54) is 7.11 Å². The molecule has 0 radical (unpaired) electrons.